The monoisotopic (exact) mass is 380 g/mol. The summed E-state index contributed by atoms with van der Waals surface area (Å²) < 4.78 is 23.7. The van der Waals surface area contributed by atoms with Crippen molar-refractivity contribution < 1.29 is 18.7 Å². The van der Waals surface area contributed by atoms with Crippen LogP contribution in [-0.4, -0.2) is 20.1 Å². The summed E-state index contributed by atoms with van der Waals surface area (Å²) in [5.41, 5.74) is 2.95. The number of methoxy groups -OCH3 is 2. The second-order valence-electron chi connectivity index (χ2n) is 6.13. The summed E-state index contributed by atoms with van der Waals surface area (Å²) in [5.74, 6) is 0.760. The quantitative estimate of drug-likeness (QED) is 0.620. The molecule has 0 bridgehead atoms. The number of benzene rings is 3. The highest BCUT2D eigenvalue weighted by atomic mass is 19.1. The number of hydrogen-bond acceptors (Lipinski definition) is 4. The number of anilines is 3. The SMILES string of the molecule is COc1ccc(CC(=O)Nc2ccc(Nc3cccc(F)c3)cc2)cc1OC. The zero-order valence-corrected chi connectivity index (χ0v) is 15.7. The second kappa shape index (κ2) is 8.90. The summed E-state index contributed by atoms with van der Waals surface area (Å²) in [5, 5.41) is 5.97. The van der Waals surface area contributed by atoms with Crippen molar-refractivity contribution in [2.75, 3.05) is 24.9 Å². The molecule has 0 spiro atoms. The smallest absolute Gasteiger partial charge is 0.228 e. The number of ether oxygens (including phenoxy) is 2. The molecule has 5 nitrogen and oxygen atoms in total. The Balaban J connectivity index is 1.60. The van der Waals surface area contributed by atoms with E-state index in [0.29, 0.717) is 22.9 Å². The van der Waals surface area contributed by atoms with Gasteiger partial charge in [0, 0.05) is 17.1 Å². The van der Waals surface area contributed by atoms with Crippen LogP contribution in [0.3, 0.4) is 0 Å². The summed E-state index contributed by atoms with van der Waals surface area (Å²) in [6.45, 7) is 0. The van der Waals surface area contributed by atoms with Gasteiger partial charge in [0.05, 0.1) is 20.6 Å². The van der Waals surface area contributed by atoms with E-state index in [1.54, 1.807) is 50.6 Å². The largest absolute Gasteiger partial charge is 0.493 e. The molecule has 3 rings (SSSR count). The highest BCUT2D eigenvalue weighted by Crippen LogP contribution is 2.28. The highest BCUT2D eigenvalue weighted by Gasteiger charge is 2.09. The molecule has 0 aliphatic heterocycles. The average Bonchev–Trinajstić information content (AvgIpc) is 2.69. The van der Waals surface area contributed by atoms with Crippen molar-refractivity contribution in [2.45, 2.75) is 6.42 Å². The van der Waals surface area contributed by atoms with Crippen LogP contribution in [0.15, 0.2) is 66.7 Å². The minimum absolute atomic E-state index is 0.141. The minimum atomic E-state index is -0.302. The third kappa shape index (κ3) is 5.01. The van der Waals surface area contributed by atoms with Crippen molar-refractivity contribution in [3.63, 3.8) is 0 Å². The van der Waals surface area contributed by atoms with Gasteiger partial charge in [-0.1, -0.05) is 12.1 Å². The first-order valence-corrected chi connectivity index (χ1v) is 8.71. The van der Waals surface area contributed by atoms with Crippen molar-refractivity contribution in [1.29, 1.82) is 0 Å². The Bertz CT molecular complexity index is 958. The first-order valence-electron chi connectivity index (χ1n) is 8.71. The molecule has 0 aromatic heterocycles. The molecule has 0 atom stereocenters. The number of rotatable bonds is 7. The fraction of sp³-hybridized carbons (Fsp3) is 0.136. The van der Waals surface area contributed by atoms with Gasteiger partial charge in [0.2, 0.25) is 5.91 Å². The molecule has 0 aliphatic carbocycles. The van der Waals surface area contributed by atoms with Crippen LogP contribution in [0.25, 0.3) is 0 Å². The Morgan fingerprint density at radius 2 is 1.57 bits per heavy atom. The van der Waals surface area contributed by atoms with Crippen LogP contribution in [0.4, 0.5) is 21.5 Å². The first kappa shape index (κ1) is 19.2. The standard InChI is InChI=1S/C22H21FN2O3/c1-27-20-11-6-15(12-21(20)28-2)13-22(26)25-18-9-7-17(8-10-18)24-19-5-3-4-16(23)14-19/h3-12,14,24H,13H2,1-2H3,(H,25,26). The molecule has 6 heteroatoms. The lowest BCUT2D eigenvalue weighted by Crippen LogP contribution is -2.14. The summed E-state index contributed by atoms with van der Waals surface area (Å²) in [4.78, 5) is 12.3. The molecule has 0 unspecified atom stereocenters. The Hall–Kier alpha value is -3.54. The van der Waals surface area contributed by atoms with Crippen molar-refractivity contribution in [1.82, 2.24) is 0 Å². The van der Waals surface area contributed by atoms with Gasteiger partial charge in [0.1, 0.15) is 5.82 Å². The Morgan fingerprint density at radius 1 is 0.857 bits per heavy atom. The number of hydrogen-bond donors (Lipinski definition) is 2. The van der Waals surface area contributed by atoms with Gasteiger partial charge < -0.3 is 20.1 Å². The van der Waals surface area contributed by atoms with Crippen LogP contribution in [0.5, 0.6) is 11.5 Å². The van der Waals surface area contributed by atoms with Crippen LogP contribution in [0.2, 0.25) is 0 Å². The lowest BCUT2D eigenvalue weighted by atomic mass is 10.1. The minimum Gasteiger partial charge on any atom is -0.493 e. The molecule has 144 valence electrons. The summed E-state index contributed by atoms with van der Waals surface area (Å²) >= 11 is 0. The molecule has 0 radical (unpaired) electrons. The lowest BCUT2D eigenvalue weighted by molar-refractivity contribution is -0.115. The maximum atomic E-state index is 13.2. The topological polar surface area (TPSA) is 59.6 Å². The molecule has 0 fully saturated rings. The molecule has 28 heavy (non-hydrogen) atoms. The van der Waals surface area contributed by atoms with Crippen molar-refractivity contribution in [3.05, 3.63) is 78.1 Å². The average molecular weight is 380 g/mol. The lowest BCUT2D eigenvalue weighted by Gasteiger charge is -2.11. The van der Waals surface area contributed by atoms with Crippen molar-refractivity contribution >= 4 is 23.0 Å². The molecule has 2 N–H and O–H groups in total. The second-order valence-corrected chi connectivity index (χ2v) is 6.13. The predicted octanol–water partition coefficient (Wildman–Crippen LogP) is 4.77. The number of carbonyl (C=O) groups is 1. The van der Waals surface area contributed by atoms with Gasteiger partial charge in [-0.05, 0) is 60.2 Å². The third-order valence-corrected chi connectivity index (χ3v) is 4.09. The summed E-state index contributed by atoms with van der Waals surface area (Å²) in [7, 11) is 3.12. The van der Waals surface area contributed by atoms with Gasteiger partial charge in [-0.25, -0.2) is 4.39 Å². The normalized spacial score (nSPS) is 10.2. The first-order chi connectivity index (χ1) is 13.6. The number of halogens is 1. The Kier molecular flexibility index (Phi) is 6.11. The third-order valence-electron chi connectivity index (χ3n) is 4.09. The fourth-order valence-electron chi connectivity index (χ4n) is 2.75. The maximum absolute atomic E-state index is 13.2. The predicted molar refractivity (Wildman–Crippen MR) is 108 cm³/mol. The van der Waals surface area contributed by atoms with E-state index in [0.717, 1.165) is 11.3 Å². The van der Waals surface area contributed by atoms with Crippen LogP contribution in [0.1, 0.15) is 5.56 Å². The van der Waals surface area contributed by atoms with E-state index in [9.17, 15) is 9.18 Å². The van der Waals surface area contributed by atoms with E-state index in [4.69, 9.17) is 9.47 Å². The molecule has 3 aromatic carbocycles. The van der Waals surface area contributed by atoms with Crippen LogP contribution in [0, 0.1) is 5.82 Å². The highest BCUT2D eigenvalue weighted by molar-refractivity contribution is 5.92. The molecule has 3 aromatic rings. The molecule has 1 amide bonds. The van der Waals surface area contributed by atoms with E-state index in [1.165, 1.54) is 12.1 Å². The molecule has 0 saturated heterocycles. The number of amides is 1. The number of nitrogens with one attached hydrogen (secondary N) is 2. The number of carbonyl (C=O) groups excluding carboxylic acids is 1. The van der Waals surface area contributed by atoms with Gasteiger partial charge in [-0.3, -0.25) is 4.79 Å². The zero-order chi connectivity index (χ0) is 19.9. The molecule has 0 heterocycles. The van der Waals surface area contributed by atoms with Gasteiger partial charge in [-0.2, -0.15) is 0 Å². The van der Waals surface area contributed by atoms with Crippen LogP contribution >= 0.6 is 0 Å². The van der Waals surface area contributed by atoms with E-state index in [1.807, 2.05) is 18.2 Å². The zero-order valence-electron chi connectivity index (χ0n) is 15.7. The van der Waals surface area contributed by atoms with E-state index in [2.05, 4.69) is 10.6 Å². The van der Waals surface area contributed by atoms with Crippen molar-refractivity contribution in [2.24, 2.45) is 0 Å². The molecule has 0 aliphatic rings. The van der Waals surface area contributed by atoms with E-state index in [-0.39, 0.29) is 18.1 Å². The summed E-state index contributed by atoms with van der Waals surface area (Å²) in [6.07, 6.45) is 0.212. The van der Waals surface area contributed by atoms with Crippen LogP contribution < -0.4 is 20.1 Å². The van der Waals surface area contributed by atoms with Gasteiger partial charge in [0.25, 0.3) is 0 Å². The van der Waals surface area contributed by atoms with Gasteiger partial charge >= 0.3 is 0 Å². The summed E-state index contributed by atoms with van der Waals surface area (Å²) in [6, 6.07) is 18.8. The molecule has 0 saturated carbocycles. The van der Waals surface area contributed by atoms with E-state index >= 15 is 0 Å². The maximum Gasteiger partial charge on any atom is 0.228 e. The van der Waals surface area contributed by atoms with E-state index < -0.39 is 0 Å². The molecular formula is C22H21FN2O3. The molecular weight excluding hydrogens is 359 g/mol. The van der Waals surface area contributed by atoms with Gasteiger partial charge in [-0.15, -0.1) is 0 Å². The van der Waals surface area contributed by atoms with Crippen LogP contribution in [-0.2, 0) is 11.2 Å². The fourth-order valence-corrected chi connectivity index (χ4v) is 2.75. The van der Waals surface area contributed by atoms with Crippen molar-refractivity contribution in [3.8, 4) is 11.5 Å². The van der Waals surface area contributed by atoms with Gasteiger partial charge in [0.15, 0.2) is 11.5 Å². The Labute approximate surface area is 163 Å². The Morgan fingerprint density at radius 3 is 2.25 bits per heavy atom.